The molecule has 2 rings (SSSR count). The Bertz CT molecular complexity index is 574. The number of hydrogen-bond acceptors (Lipinski definition) is 2. The van der Waals surface area contributed by atoms with E-state index >= 15 is 0 Å². The molecule has 2 aromatic rings. The van der Waals surface area contributed by atoms with Gasteiger partial charge in [-0.25, -0.2) is 0 Å². The standard InChI is InChI=1S/C14H15N3/c1-10-11(2)17(14(16)13(10)8-15)9-12-6-4-3-5-7-12/h3-7H,9,16H2,1-2H3. The summed E-state index contributed by atoms with van der Waals surface area (Å²) in [5, 5.41) is 9.06. The second-order valence-electron chi connectivity index (χ2n) is 4.15. The highest BCUT2D eigenvalue weighted by Gasteiger charge is 2.14. The third-order valence-electron chi connectivity index (χ3n) is 3.16. The van der Waals surface area contributed by atoms with Crippen LogP contribution in [0.25, 0.3) is 0 Å². The first-order valence-corrected chi connectivity index (χ1v) is 5.54. The van der Waals surface area contributed by atoms with Gasteiger partial charge in [-0.2, -0.15) is 5.26 Å². The molecule has 0 saturated carbocycles. The van der Waals surface area contributed by atoms with Gasteiger partial charge in [0.1, 0.15) is 11.9 Å². The van der Waals surface area contributed by atoms with Gasteiger partial charge < -0.3 is 10.3 Å². The van der Waals surface area contributed by atoms with Crippen molar-refractivity contribution < 1.29 is 0 Å². The molecular weight excluding hydrogens is 210 g/mol. The molecule has 1 aromatic carbocycles. The largest absolute Gasteiger partial charge is 0.384 e. The van der Waals surface area contributed by atoms with Gasteiger partial charge in [-0.3, -0.25) is 0 Å². The topological polar surface area (TPSA) is 54.7 Å². The van der Waals surface area contributed by atoms with Crippen molar-refractivity contribution in [1.82, 2.24) is 4.57 Å². The Morgan fingerprint density at radius 2 is 1.88 bits per heavy atom. The summed E-state index contributed by atoms with van der Waals surface area (Å²) in [5.74, 6) is 0.561. The lowest BCUT2D eigenvalue weighted by atomic mass is 10.2. The molecule has 86 valence electrons. The number of nitrogens with zero attached hydrogens (tertiary/aromatic N) is 2. The molecule has 0 aliphatic carbocycles. The molecule has 3 nitrogen and oxygen atoms in total. The molecule has 3 heteroatoms. The first-order valence-electron chi connectivity index (χ1n) is 5.54. The fourth-order valence-corrected chi connectivity index (χ4v) is 2.00. The first kappa shape index (κ1) is 11.3. The molecule has 0 radical (unpaired) electrons. The van der Waals surface area contributed by atoms with E-state index in [4.69, 9.17) is 11.0 Å². The zero-order valence-corrected chi connectivity index (χ0v) is 10.1. The van der Waals surface area contributed by atoms with Crippen LogP contribution in [0.2, 0.25) is 0 Å². The van der Waals surface area contributed by atoms with Gasteiger partial charge in [-0.05, 0) is 25.0 Å². The van der Waals surface area contributed by atoms with Crippen molar-refractivity contribution in [3.63, 3.8) is 0 Å². The van der Waals surface area contributed by atoms with E-state index in [-0.39, 0.29) is 0 Å². The van der Waals surface area contributed by atoms with E-state index in [2.05, 4.69) is 18.2 Å². The van der Waals surface area contributed by atoms with Crippen LogP contribution in [0.15, 0.2) is 30.3 Å². The van der Waals surface area contributed by atoms with Gasteiger partial charge in [0, 0.05) is 12.2 Å². The van der Waals surface area contributed by atoms with E-state index in [0.29, 0.717) is 17.9 Å². The summed E-state index contributed by atoms with van der Waals surface area (Å²) < 4.78 is 1.99. The number of anilines is 1. The lowest BCUT2D eigenvalue weighted by molar-refractivity contribution is 0.784. The van der Waals surface area contributed by atoms with Gasteiger partial charge in [0.05, 0.1) is 5.56 Å². The molecule has 0 atom stereocenters. The van der Waals surface area contributed by atoms with Crippen molar-refractivity contribution in [1.29, 1.82) is 5.26 Å². The Morgan fingerprint density at radius 1 is 1.24 bits per heavy atom. The number of nitriles is 1. The van der Waals surface area contributed by atoms with Crippen molar-refractivity contribution in [2.24, 2.45) is 0 Å². The minimum absolute atomic E-state index is 0.561. The molecule has 2 N–H and O–H groups in total. The van der Waals surface area contributed by atoms with E-state index in [1.807, 2.05) is 36.6 Å². The van der Waals surface area contributed by atoms with Gasteiger partial charge in [-0.15, -0.1) is 0 Å². The number of nitrogens with two attached hydrogens (primary N) is 1. The maximum absolute atomic E-state index is 9.06. The number of aromatic nitrogens is 1. The normalized spacial score (nSPS) is 10.2. The summed E-state index contributed by atoms with van der Waals surface area (Å²) in [5.41, 5.74) is 9.81. The predicted octanol–water partition coefficient (Wildman–Crippen LogP) is 2.61. The Labute approximate surface area is 101 Å². The minimum Gasteiger partial charge on any atom is -0.384 e. The van der Waals surface area contributed by atoms with E-state index in [9.17, 15) is 0 Å². The molecule has 0 aliphatic heterocycles. The third-order valence-corrected chi connectivity index (χ3v) is 3.16. The molecule has 0 unspecified atom stereocenters. The van der Waals surface area contributed by atoms with Crippen molar-refractivity contribution in [2.45, 2.75) is 20.4 Å². The molecule has 1 aromatic heterocycles. The molecule has 0 amide bonds. The smallest absolute Gasteiger partial charge is 0.122 e. The summed E-state index contributed by atoms with van der Waals surface area (Å²) in [6.07, 6.45) is 0. The van der Waals surface area contributed by atoms with Gasteiger partial charge >= 0.3 is 0 Å². The van der Waals surface area contributed by atoms with Crippen LogP contribution >= 0.6 is 0 Å². The molecule has 17 heavy (non-hydrogen) atoms. The van der Waals surface area contributed by atoms with Crippen LogP contribution in [-0.4, -0.2) is 4.57 Å². The van der Waals surface area contributed by atoms with E-state index < -0.39 is 0 Å². The van der Waals surface area contributed by atoms with Gasteiger partial charge in [0.25, 0.3) is 0 Å². The summed E-state index contributed by atoms with van der Waals surface area (Å²) >= 11 is 0. The van der Waals surface area contributed by atoms with Crippen molar-refractivity contribution in [2.75, 3.05) is 5.73 Å². The molecule has 0 fully saturated rings. The Hall–Kier alpha value is -2.21. The summed E-state index contributed by atoms with van der Waals surface area (Å²) in [6, 6.07) is 12.3. The van der Waals surface area contributed by atoms with Gasteiger partial charge in [0.2, 0.25) is 0 Å². The van der Waals surface area contributed by atoms with Crippen molar-refractivity contribution >= 4 is 5.82 Å². The second-order valence-corrected chi connectivity index (χ2v) is 4.15. The molecule has 0 bridgehead atoms. The summed E-state index contributed by atoms with van der Waals surface area (Å²) in [6.45, 7) is 4.64. The van der Waals surface area contributed by atoms with Crippen LogP contribution < -0.4 is 5.73 Å². The van der Waals surface area contributed by atoms with Crippen LogP contribution in [0, 0.1) is 25.2 Å². The van der Waals surface area contributed by atoms with E-state index in [0.717, 1.165) is 11.3 Å². The molecule has 0 aliphatic rings. The summed E-state index contributed by atoms with van der Waals surface area (Å²) in [7, 11) is 0. The number of benzene rings is 1. The fourth-order valence-electron chi connectivity index (χ4n) is 2.00. The van der Waals surface area contributed by atoms with E-state index in [1.165, 1.54) is 5.56 Å². The minimum atomic E-state index is 0.561. The average Bonchev–Trinajstić information content (AvgIpc) is 2.55. The zero-order chi connectivity index (χ0) is 12.4. The maximum Gasteiger partial charge on any atom is 0.122 e. The molecule has 0 saturated heterocycles. The monoisotopic (exact) mass is 225 g/mol. The van der Waals surface area contributed by atoms with Crippen LogP contribution in [0.4, 0.5) is 5.82 Å². The zero-order valence-electron chi connectivity index (χ0n) is 10.1. The Balaban J connectivity index is 2.45. The highest BCUT2D eigenvalue weighted by atomic mass is 15.1. The highest BCUT2D eigenvalue weighted by Crippen LogP contribution is 2.24. The van der Waals surface area contributed by atoms with Crippen LogP contribution in [-0.2, 0) is 6.54 Å². The van der Waals surface area contributed by atoms with Crippen molar-refractivity contribution in [3.05, 3.63) is 52.7 Å². The van der Waals surface area contributed by atoms with Crippen molar-refractivity contribution in [3.8, 4) is 6.07 Å². The van der Waals surface area contributed by atoms with Crippen LogP contribution in [0.5, 0.6) is 0 Å². The lowest BCUT2D eigenvalue weighted by Gasteiger charge is -2.08. The SMILES string of the molecule is Cc1c(C#N)c(N)n(Cc2ccccc2)c1C. The number of nitrogen functional groups attached to an aromatic ring is 1. The molecular formula is C14H15N3. The Morgan fingerprint density at radius 3 is 2.41 bits per heavy atom. The van der Waals surface area contributed by atoms with Gasteiger partial charge in [0.15, 0.2) is 0 Å². The van der Waals surface area contributed by atoms with Crippen LogP contribution in [0.1, 0.15) is 22.4 Å². The Kier molecular flexibility index (Phi) is 2.88. The summed E-state index contributed by atoms with van der Waals surface area (Å²) in [4.78, 5) is 0. The first-order chi connectivity index (χ1) is 8.15. The second kappa shape index (κ2) is 4.34. The van der Waals surface area contributed by atoms with Gasteiger partial charge in [-0.1, -0.05) is 30.3 Å². The van der Waals surface area contributed by atoms with E-state index in [1.54, 1.807) is 0 Å². The fraction of sp³-hybridized carbons (Fsp3) is 0.214. The number of rotatable bonds is 2. The average molecular weight is 225 g/mol. The van der Waals surface area contributed by atoms with Crippen LogP contribution in [0.3, 0.4) is 0 Å². The highest BCUT2D eigenvalue weighted by molar-refractivity contribution is 5.58. The third kappa shape index (κ3) is 1.90. The molecule has 1 heterocycles. The molecule has 0 spiro atoms. The maximum atomic E-state index is 9.06. The number of hydrogen-bond donors (Lipinski definition) is 1. The predicted molar refractivity (Wildman–Crippen MR) is 68.6 cm³/mol. The quantitative estimate of drug-likeness (QED) is 0.854. The lowest BCUT2D eigenvalue weighted by Crippen LogP contribution is -2.06.